The predicted octanol–water partition coefficient (Wildman–Crippen LogP) is 3.20. The summed E-state index contributed by atoms with van der Waals surface area (Å²) in [7, 11) is 0. The minimum atomic E-state index is -0.485. The molecule has 2 aromatic carbocycles. The van der Waals surface area contributed by atoms with Crippen molar-refractivity contribution in [1.29, 1.82) is 0 Å². The Kier molecular flexibility index (Phi) is 4.42. The summed E-state index contributed by atoms with van der Waals surface area (Å²) in [5.41, 5.74) is 0.284. The van der Waals surface area contributed by atoms with E-state index < -0.39 is 11.7 Å². The summed E-state index contributed by atoms with van der Waals surface area (Å²) in [5.74, 6) is -0.783. The number of anilines is 1. The van der Waals surface area contributed by atoms with Gasteiger partial charge in [-0.05, 0) is 30.3 Å². The summed E-state index contributed by atoms with van der Waals surface area (Å²) < 4.78 is 18.0. The second-order valence-electron chi connectivity index (χ2n) is 3.93. The van der Waals surface area contributed by atoms with Crippen molar-refractivity contribution in [3.8, 4) is 11.5 Å². The zero-order valence-electron chi connectivity index (χ0n) is 10.3. The van der Waals surface area contributed by atoms with Crippen molar-refractivity contribution in [3.05, 3.63) is 53.3 Å². The second-order valence-corrected chi connectivity index (χ2v) is 4.34. The van der Waals surface area contributed by atoms with Crippen LogP contribution in [-0.2, 0) is 4.79 Å². The van der Waals surface area contributed by atoms with Gasteiger partial charge < -0.3 is 15.2 Å². The van der Waals surface area contributed by atoms with E-state index in [0.717, 1.165) is 6.07 Å². The highest BCUT2D eigenvalue weighted by atomic mass is 35.5. The van der Waals surface area contributed by atoms with Crippen molar-refractivity contribution in [2.75, 3.05) is 11.9 Å². The van der Waals surface area contributed by atoms with E-state index in [2.05, 4.69) is 5.32 Å². The van der Waals surface area contributed by atoms with Crippen molar-refractivity contribution < 1.29 is 19.0 Å². The lowest BCUT2D eigenvalue weighted by atomic mass is 10.3. The normalized spacial score (nSPS) is 10.1. The lowest BCUT2D eigenvalue weighted by Crippen LogP contribution is -2.20. The van der Waals surface area contributed by atoms with Crippen molar-refractivity contribution >= 4 is 23.2 Å². The van der Waals surface area contributed by atoms with Gasteiger partial charge in [-0.2, -0.15) is 0 Å². The molecule has 0 aromatic heterocycles. The maximum Gasteiger partial charge on any atom is 0.262 e. The zero-order chi connectivity index (χ0) is 14.5. The Morgan fingerprint density at radius 3 is 2.75 bits per heavy atom. The number of carbonyl (C=O) groups excluding carboxylic acids is 1. The van der Waals surface area contributed by atoms with E-state index in [0.29, 0.717) is 0 Å². The number of rotatable bonds is 4. The van der Waals surface area contributed by atoms with Crippen molar-refractivity contribution in [3.63, 3.8) is 0 Å². The quantitative estimate of drug-likeness (QED) is 0.852. The van der Waals surface area contributed by atoms with E-state index >= 15 is 0 Å². The van der Waals surface area contributed by atoms with Crippen LogP contribution in [0.1, 0.15) is 0 Å². The van der Waals surface area contributed by atoms with Gasteiger partial charge in [0.2, 0.25) is 0 Å². The minimum absolute atomic E-state index is 0.0411. The molecule has 1 amide bonds. The summed E-state index contributed by atoms with van der Waals surface area (Å²) in [4.78, 5) is 11.7. The summed E-state index contributed by atoms with van der Waals surface area (Å²) in [6.45, 7) is -0.306. The number of para-hydroxylation sites is 2. The first-order valence-electron chi connectivity index (χ1n) is 5.72. The molecule has 0 heterocycles. The van der Waals surface area contributed by atoms with Crippen molar-refractivity contribution in [1.82, 2.24) is 0 Å². The van der Waals surface area contributed by atoms with Crippen LogP contribution in [0.25, 0.3) is 0 Å². The minimum Gasteiger partial charge on any atom is -0.506 e. The predicted molar refractivity (Wildman–Crippen MR) is 73.6 cm³/mol. The van der Waals surface area contributed by atoms with Crippen LogP contribution in [0.2, 0.25) is 5.02 Å². The molecule has 2 N–H and O–H groups in total. The third-order valence-electron chi connectivity index (χ3n) is 2.43. The van der Waals surface area contributed by atoms with E-state index in [-0.39, 0.29) is 28.8 Å². The number of benzene rings is 2. The summed E-state index contributed by atoms with van der Waals surface area (Å²) >= 11 is 5.76. The van der Waals surface area contributed by atoms with Gasteiger partial charge in [-0.25, -0.2) is 4.39 Å². The number of phenols is 1. The van der Waals surface area contributed by atoms with Gasteiger partial charge in [0.1, 0.15) is 17.3 Å². The molecule has 20 heavy (non-hydrogen) atoms. The highest BCUT2D eigenvalue weighted by Gasteiger charge is 2.08. The van der Waals surface area contributed by atoms with E-state index in [9.17, 15) is 14.3 Å². The van der Waals surface area contributed by atoms with Crippen LogP contribution in [0.4, 0.5) is 10.1 Å². The van der Waals surface area contributed by atoms with Crippen molar-refractivity contribution in [2.24, 2.45) is 0 Å². The first kappa shape index (κ1) is 14.1. The fourth-order valence-corrected chi connectivity index (χ4v) is 1.72. The molecule has 0 aliphatic carbocycles. The Hall–Kier alpha value is -2.27. The number of nitrogens with one attached hydrogen (secondary N) is 1. The van der Waals surface area contributed by atoms with E-state index in [1.165, 1.54) is 18.2 Å². The third kappa shape index (κ3) is 3.61. The maximum atomic E-state index is 12.8. The molecular weight excluding hydrogens is 285 g/mol. The number of amides is 1. The Labute approximate surface area is 119 Å². The Bertz CT molecular complexity index is 634. The number of phenolic OH excluding ortho intramolecular Hbond substituents is 1. The standard InChI is InChI=1S/C14H11ClFNO3/c15-10-7-9(16)5-6-13(10)20-8-14(19)17-11-3-1-2-4-12(11)18/h1-7,18H,8H2,(H,17,19). The Morgan fingerprint density at radius 1 is 1.30 bits per heavy atom. The number of hydrogen-bond donors (Lipinski definition) is 2. The Balaban J connectivity index is 1.94. The number of hydrogen-bond acceptors (Lipinski definition) is 3. The van der Waals surface area contributed by atoms with Gasteiger partial charge in [-0.15, -0.1) is 0 Å². The van der Waals surface area contributed by atoms with Crippen LogP contribution in [0.3, 0.4) is 0 Å². The molecule has 104 valence electrons. The zero-order valence-corrected chi connectivity index (χ0v) is 11.0. The SMILES string of the molecule is O=C(COc1ccc(F)cc1Cl)Nc1ccccc1O. The summed E-state index contributed by atoms with van der Waals surface area (Å²) in [5, 5.41) is 12.1. The molecule has 0 saturated heterocycles. The van der Waals surface area contributed by atoms with E-state index in [1.807, 2.05) is 0 Å². The third-order valence-corrected chi connectivity index (χ3v) is 2.73. The molecule has 0 atom stereocenters. The molecule has 0 saturated carbocycles. The largest absolute Gasteiger partial charge is 0.506 e. The van der Waals surface area contributed by atoms with Gasteiger partial charge in [0.25, 0.3) is 5.91 Å². The van der Waals surface area contributed by atoms with Crippen molar-refractivity contribution in [2.45, 2.75) is 0 Å². The van der Waals surface area contributed by atoms with Gasteiger partial charge in [0.15, 0.2) is 6.61 Å². The fraction of sp³-hybridized carbons (Fsp3) is 0.0714. The van der Waals surface area contributed by atoms with Gasteiger partial charge in [0.05, 0.1) is 10.7 Å². The molecule has 6 heteroatoms. The Morgan fingerprint density at radius 2 is 2.05 bits per heavy atom. The van der Waals surface area contributed by atoms with E-state index in [4.69, 9.17) is 16.3 Å². The van der Waals surface area contributed by atoms with Crippen LogP contribution in [0.5, 0.6) is 11.5 Å². The molecule has 0 unspecified atom stereocenters. The highest BCUT2D eigenvalue weighted by Crippen LogP contribution is 2.25. The van der Waals surface area contributed by atoms with Gasteiger partial charge in [-0.1, -0.05) is 23.7 Å². The molecule has 0 aliphatic rings. The van der Waals surface area contributed by atoms with Gasteiger partial charge >= 0.3 is 0 Å². The molecule has 0 aliphatic heterocycles. The molecule has 2 rings (SSSR count). The number of carbonyl (C=O) groups is 1. The van der Waals surface area contributed by atoms with Crippen LogP contribution < -0.4 is 10.1 Å². The molecule has 4 nitrogen and oxygen atoms in total. The van der Waals surface area contributed by atoms with Crippen LogP contribution >= 0.6 is 11.6 Å². The van der Waals surface area contributed by atoms with Crippen LogP contribution in [-0.4, -0.2) is 17.6 Å². The average molecular weight is 296 g/mol. The first-order chi connectivity index (χ1) is 9.56. The van der Waals surface area contributed by atoms with E-state index in [1.54, 1.807) is 18.2 Å². The second kappa shape index (κ2) is 6.25. The number of halogens is 2. The highest BCUT2D eigenvalue weighted by molar-refractivity contribution is 6.32. The lowest BCUT2D eigenvalue weighted by Gasteiger charge is -2.09. The van der Waals surface area contributed by atoms with Gasteiger partial charge in [-0.3, -0.25) is 4.79 Å². The monoisotopic (exact) mass is 295 g/mol. The summed E-state index contributed by atoms with van der Waals surface area (Å²) in [6.07, 6.45) is 0. The summed E-state index contributed by atoms with van der Waals surface area (Å²) in [6, 6.07) is 9.93. The van der Waals surface area contributed by atoms with Crippen LogP contribution in [0, 0.1) is 5.82 Å². The van der Waals surface area contributed by atoms with Gasteiger partial charge in [0, 0.05) is 0 Å². The smallest absolute Gasteiger partial charge is 0.262 e. The molecule has 0 bridgehead atoms. The molecule has 0 spiro atoms. The molecule has 2 aromatic rings. The topological polar surface area (TPSA) is 58.6 Å². The molecule has 0 radical (unpaired) electrons. The maximum absolute atomic E-state index is 12.8. The lowest BCUT2D eigenvalue weighted by molar-refractivity contribution is -0.118. The average Bonchev–Trinajstić information content (AvgIpc) is 2.40. The first-order valence-corrected chi connectivity index (χ1v) is 6.10. The molecular formula is C14H11ClFNO3. The molecule has 0 fully saturated rings. The number of ether oxygens (including phenoxy) is 1. The van der Waals surface area contributed by atoms with Crippen LogP contribution in [0.15, 0.2) is 42.5 Å². The fourth-order valence-electron chi connectivity index (χ4n) is 1.50. The number of aromatic hydroxyl groups is 1.